The van der Waals surface area contributed by atoms with Gasteiger partial charge in [-0.3, -0.25) is 9.78 Å². The van der Waals surface area contributed by atoms with Crippen molar-refractivity contribution in [3.63, 3.8) is 0 Å². The maximum Gasteiger partial charge on any atom is 0.336 e. The van der Waals surface area contributed by atoms with Gasteiger partial charge in [-0.05, 0) is 24.6 Å². The Morgan fingerprint density at radius 3 is 2.68 bits per heavy atom. The van der Waals surface area contributed by atoms with Gasteiger partial charge in [0.25, 0.3) is 0 Å². The summed E-state index contributed by atoms with van der Waals surface area (Å²) in [7, 11) is 0. The van der Waals surface area contributed by atoms with Crippen molar-refractivity contribution in [2.24, 2.45) is 5.92 Å². The zero-order chi connectivity index (χ0) is 15.5. The van der Waals surface area contributed by atoms with Crippen LogP contribution in [0.1, 0.15) is 27.1 Å². The SMILES string of the molecule is O=C(O)c1ccncc1-c1ccccc1C(=O)C1CCNC1. The molecule has 1 aliphatic heterocycles. The third-order valence-electron chi connectivity index (χ3n) is 3.97. The number of Topliss-reactive ketones (excluding diaryl/α,β-unsaturated/α-hetero) is 1. The molecule has 1 unspecified atom stereocenters. The highest BCUT2D eigenvalue weighted by Crippen LogP contribution is 2.29. The number of aromatic carboxylic acids is 1. The average Bonchev–Trinajstić information content (AvgIpc) is 3.08. The number of nitrogens with one attached hydrogen (secondary N) is 1. The van der Waals surface area contributed by atoms with Crippen molar-refractivity contribution in [3.8, 4) is 11.1 Å². The molecule has 1 atom stereocenters. The lowest BCUT2D eigenvalue weighted by Gasteiger charge is -2.13. The number of carboxylic acids is 1. The number of aromatic nitrogens is 1. The zero-order valence-electron chi connectivity index (χ0n) is 12.0. The highest BCUT2D eigenvalue weighted by Gasteiger charge is 2.26. The highest BCUT2D eigenvalue weighted by molar-refractivity contribution is 6.06. The predicted molar refractivity (Wildman–Crippen MR) is 81.9 cm³/mol. The van der Waals surface area contributed by atoms with E-state index in [1.54, 1.807) is 24.3 Å². The molecule has 2 heterocycles. The van der Waals surface area contributed by atoms with Gasteiger partial charge in [-0.15, -0.1) is 0 Å². The van der Waals surface area contributed by atoms with Crippen LogP contribution in [0, 0.1) is 5.92 Å². The van der Waals surface area contributed by atoms with E-state index in [9.17, 15) is 14.7 Å². The maximum absolute atomic E-state index is 12.7. The molecule has 0 radical (unpaired) electrons. The van der Waals surface area contributed by atoms with Gasteiger partial charge >= 0.3 is 5.97 Å². The lowest BCUT2D eigenvalue weighted by molar-refractivity contribution is 0.0697. The van der Waals surface area contributed by atoms with E-state index >= 15 is 0 Å². The van der Waals surface area contributed by atoms with Crippen LogP contribution in [-0.4, -0.2) is 34.9 Å². The molecule has 22 heavy (non-hydrogen) atoms. The molecule has 2 N–H and O–H groups in total. The molecule has 5 heteroatoms. The van der Waals surface area contributed by atoms with Crippen LogP contribution in [0.15, 0.2) is 42.7 Å². The molecule has 1 aromatic heterocycles. The van der Waals surface area contributed by atoms with E-state index in [1.165, 1.54) is 18.5 Å². The summed E-state index contributed by atoms with van der Waals surface area (Å²) in [5, 5.41) is 12.5. The van der Waals surface area contributed by atoms with Crippen LogP contribution < -0.4 is 5.32 Å². The van der Waals surface area contributed by atoms with E-state index in [2.05, 4.69) is 10.3 Å². The Morgan fingerprint density at radius 2 is 1.95 bits per heavy atom. The highest BCUT2D eigenvalue weighted by atomic mass is 16.4. The van der Waals surface area contributed by atoms with Crippen molar-refractivity contribution < 1.29 is 14.7 Å². The maximum atomic E-state index is 12.7. The predicted octanol–water partition coefficient (Wildman–Crippen LogP) is 2.24. The number of ketones is 1. The molecule has 1 saturated heterocycles. The smallest absolute Gasteiger partial charge is 0.336 e. The van der Waals surface area contributed by atoms with Crippen molar-refractivity contribution in [1.29, 1.82) is 0 Å². The van der Waals surface area contributed by atoms with Gasteiger partial charge in [0.1, 0.15) is 0 Å². The van der Waals surface area contributed by atoms with Gasteiger partial charge in [-0.25, -0.2) is 4.79 Å². The number of hydrogen-bond donors (Lipinski definition) is 2. The number of carbonyl (C=O) groups is 2. The minimum Gasteiger partial charge on any atom is -0.478 e. The fraction of sp³-hybridized carbons (Fsp3) is 0.235. The first-order chi connectivity index (χ1) is 10.7. The van der Waals surface area contributed by atoms with Crippen molar-refractivity contribution in [2.45, 2.75) is 6.42 Å². The van der Waals surface area contributed by atoms with E-state index in [-0.39, 0.29) is 17.3 Å². The minimum atomic E-state index is -1.03. The Balaban J connectivity index is 2.09. The summed E-state index contributed by atoms with van der Waals surface area (Å²) in [6, 6.07) is 8.59. The topological polar surface area (TPSA) is 79.3 Å². The summed E-state index contributed by atoms with van der Waals surface area (Å²) in [5.74, 6) is -1.02. The Kier molecular flexibility index (Phi) is 3.98. The number of rotatable bonds is 4. The normalized spacial score (nSPS) is 17.4. The van der Waals surface area contributed by atoms with Gasteiger partial charge in [0.2, 0.25) is 0 Å². The first-order valence-electron chi connectivity index (χ1n) is 7.20. The number of carbonyl (C=O) groups excluding carboxylic acids is 1. The van der Waals surface area contributed by atoms with E-state index < -0.39 is 5.97 Å². The summed E-state index contributed by atoms with van der Waals surface area (Å²) in [6.07, 6.45) is 3.76. The minimum absolute atomic E-state index is 0.0499. The molecule has 1 aromatic carbocycles. The lowest BCUT2D eigenvalue weighted by atomic mass is 9.89. The number of pyridine rings is 1. The molecule has 3 rings (SSSR count). The van der Waals surface area contributed by atoms with Crippen LogP contribution in [0.2, 0.25) is 0 Å². The van der Waals surface area contributed by atoms with Crippen LogP contribution >= 0.6 is 0 Å². The molecule has 1 fully saturated rings. The Labute approximate surface area is 128 Å². The monoisotopic (exact) mass is 296 g/mol. The lowest BCUT2D eigenvalue weighted by Crippen LogP contribution is -2.18. The average molecular weight is 296 g/mol. The standard InChI is InChI=1S/C17H16N2O3/c20-16(11-5-7-18-9-11)13-4-2-1-3-12(13)15-10-19-8-6-14(15)17(21)22/h1-4,6,8,10-11,18H,5,7,9H2,(H,21,22). The third-order valence-corrected chi connectivity index (χ3v) is 3.97. The second kappa shape index (κ2) is 6.07. The van der Waals surface area contributed by atoms with Gasteiger partial charge in [-0.2, -0.15) is 0 Å². The van der Waals surface area contributed by atoms with Crippen molar-refractivity contribution in [3.05, 3.63) is 53.9 Å². The van der Waals surface area contributed by atoms with E-state index in [0.29, 0.717) is 23.2 Å². The van der Waals surface area contributed by atoms with Gasteiger partial charge in [0.05, 0.1) is 5.56 Å². The first-order valence-corrected chi connectivity index (χ1v) is 7.20. The largest absolute Gasteiger partial charge is 0.478 e. The van der Waals surface area contributed by atoms with Crippen molar-refractivity contribution in [2.75, 3.05) is 13.1 Å². The Morgan fingerprint density at radius 1 is 1.14 bits per heavy atom. The molecule has 1 aliphatic rings. The molecular weight excluding hydrogens is 280 g/mol. The molecular formula is C17H16N2O3. The van der Waals surface area contributed by atoms with E-state index in [1.807, 2.05) is 0 Å². The van der Waals surface area contributed by atoms with Crippen LogP contribution in [0.3, 0.4) is 0 Å². The molecule has 0 spiro atoms. The second-order valence-corrected chi connectivity index (χ2v) is 5.33. The van der Waals surface area contributed by atoms with Gasteiger partial charge < -0.3 is 10.4 Å². The quantitative estimate of drug-likeness (QED) is 0.846. The Bertz CT molecular complexity index is 721. The molecule has 112 valence electrons. The summed E-state index contributed by atoms with van der Waals surface area (Å²) in [6.45, 7) is 1.51. The summed E-state index contributed by atoms with van der Waals surface area (Å²) in [4.78, 5) is 28.1. The number of hydrogen-bond acceptors (Lipinski definition) is 4. The summed E-state index contributed by atoms with van der Waals surface area (Å²) >= 11 is 0. The number of nitrogens with zero attached hydrogens (tertiary/aromatic N) is 1. The summed E-state index contributed by atoms with van der Waals surface area (Å²) < 4.78 is 0. The van der Waals surface area contributed by atoms with Crippen molar-refractivity contribution in [1.82, 2.24) is 10.3 Å². The van der Waals surface area contributed by atoms with Crippen LogP contribution in [-0.2, 0) is 0 Å². The van der Waals surface area contributed by atoms with Gasteiger partial charge in [0, 0.05) is 36.0 Å². The van der Waals surface area contributed by atoms with Crippen molar-refractivity contribution >= 4 is 11.8 Å². The van der Waals surface area contributed by atoms with Crippen LogP contribution in [0.5, 0.6) is 0 Å². The fourth-order valence-electron chi connectivity index (χ4n) is 2.83. The number of carboxylic acid groups (broad SMARTS) is 1. The zero-order valence-corrected chi connectivity index (χ0v) is 12.0. The first kappa shape index (κ1) is 14.4. The fourth-order valence-corrected chi connectivity index (χ4v) is 2.83. The molecule has 0 saturated carbocycles. The Hall–Kier alpha value is -2.53. The molecule has 2 aromatic rings. The van der Waals surface area contributed by atoms with Crippen LogP contribution in [0.4, 0.5) is 0 Å². The molecule has 0 amide bonds. The third kappa shape index (κ3) is 2.63. The van der Waals surface area contributed by atoms with Crippen LogP contribution in [0.25, 0.3) is 11.1 Å². The summed E-state index contributed by atoms with van der Waals surface area (Å²) in [5.41, 5.74) is 1.82. The van der Waals surface area contributed by atoms with E-state index in [4.69, 9.17) is 0 Å². The van der Waals surface area contributed by atoms with E-state index in [0.717, 1.165) is 13.0 Å². The number of benzene rings is 1. The molecule has 0 bridgehead atoms. The van der Waals surface area contributed by atoms with Gasteiger partial charge in [0.15, 0.2) is 5.78 Å². The molecule has 0 aliphatic carbocycles. The second-order valence-electron chi connectivity index (χ2n) is 5.33. The van der Waals surface area contributed by atoms with Gasteiger partial charge in [-0.1, -0.05) is 24.3 Å². The molecule has 5 nitrogen and oxygen atoms in total.